The number of hydrogen-bond acceptors (Lipinski definition) is 2. The minimum absolute atomic E-state index is 0.214. The van der Waals surface area contributed by atoms with Crippen molar-refractivity contribution in [3.05, 3.63) is 65.0 Å². The first-order valence-corrected chi connectivity index (χ1v) is 6.65. The van der Waals surface area contributed by atoms with Gasteiger partial charge in [-0.3, -0.25) is 0 Å². The molecule has 1 unspecified atom stereocenters. The van der Waals surface area contributed by atoms with Gasteiger partial charge >= 0.3 is 0 Å². The monoisotopic (exact) mass is 274 g/mol. The first kappa shape index (κ1) is 14.5. The molecule has 0 saturated carbocycles. The molecule has 0 spiro atoms. The zero-order chi connectivity index (χ0) is 14.5. The number of hydrogen-bond donors (Lipinski definition) is 1. The quantitative estimate of drug-likeness (QED) is 0.906. The van der Waals surface area contributed by atoms with Crippen molar-refractivity contribution in [1.29, 1.82) is 0 Å². The van der Waals surface area contributed by atoms with Crippen LogP contribution in [-0.2, 0) is 12.8 Å². The highest BCUT2D eigenvalue weighted by Gasteiger charge is 2.14. The smallest absolute Gasteiger partial charge is 0.168 e. The van der Waals surface area contributed by atoms with Crippen LogP contribution in [0.1, 0.15) is 16.7 Å². The summed E-state index contributed by atoms with van der Waals surface area (Å²) in [4.78, 5) is 0. The van der Waals surface area contributed by atoms with E-state index >= 15 is 0 Å². The van der Waals surface area contributed by atoms with E-state index in [4.69, 9.17) is 4.74 Å². The maximum atomic E-state index is 14.0. The van der Waals surface area contributed by atoms with Crippen LogP contribution in [0.15, 0.2) is 42.5 Å². The zero-order valence-corrected chi connectivity index (χ0v) is 11.8. The number of halogens is 1. The highest BCUT2D eigenvalue weighted by molar-refractivity contribution is 5.32. The Bertz CT molecular complexity index is 581. The summed E-state index contributed by atoms with van der Waals surface area (Å²) in [5.41, 5.74) is 2.70. The lowest BCUT2D eigenvalue weighted by atomic mass is 9.98. The van der Waals surface area contributed by atoms with E-state index in [-0.39, 0.29) is 18.0 Å². The third-order valence-corrected chi connectivity index (χ3v) is 3.44. The summed E-state index contributed by atoms with van der Waals surface area (Å²) in [5.74, 6) is -0.176. The number of aliphatic hydroxyl groups excluding tert-OH is 1. The summed E-state index contributed by atoms with van der Waals surface area (Å²) in [5, 5.41) is 10.2. The zero-order valence-electron chi connectivity index (χ0n) is 11.8. The predicted molar refractivity (Wildman–Crippen MR) is 77.5 cm³/mol. The number of methoxy groups -OCH3 is 1. The van der Waals surface area contributed by atoms with E-state index in [1.54, 1.807) is 18.2 Å². The molecule has 3 heteroatoms. The van der Waals surface area contributed by atoms with Crippen LogP contribution >= 0.6 is 0 Å². The second-order valence-electron chi connectivity index (χ2n) is 4.92. The van der Waals surface area contributed by atoms with Crippen LogP contribution in [-0.4, -0.2) is 18.3 Å². The van der Waals surface area contributed by atoms with Crippen LogP contribution in [0.25, 0.3) is 0 Å². The first-order valence-electron chi connectivity index (χ1n) is 6.65. The second kappa shape index (κ2) is 6.53. The molecular weight excluding hydrogens is 255 g/mol. The molecule has 2 aromatic rings. The molecule has 0 saturated heterocycles. The largest absolute Gasteiger partial charge is 0.494 e. The van der Waals surface area contributed by atoms with Gasteiger partial charge in [0.05, 0.1) is 13.2 Å². The fraction of sp³-hybridized carbons (Fsp3) is 0.294. The van der Waals surface area contributed by atoms with Crippen LogP contribution in [0.4, 0.5) is 4.39 Å². The Morgan fingerprint density at radius 3 is 2.40 bits per heavy atom. The van der Waals surface area contributed by atoms with Crippen molar-refractivity contribution in [3.63, 3.8) is 0 Å². The Kier molecular flexibility index (Phi) is 4.74. The van der Waals surface area contributed by atoms with Crippen LogP contribution in [0.5, 0.6) is 5.75 Å². The van der Waals surface area contributed by atoms with E-state index in [0.29, 0.717) is 12.0 Å². The standard InChI is InChI=1S/C17H19FO2/c1-12-6-3-4-7-13(12)10-15(19)11-14-8-5-9-16(20-2)17(14)18/h3-9,15,19H,10-11H2,1-2H3. The van der Waals surface area contributed by atoms with E-state index < -0.39 is 6.10 Å². The van der Waals surface area contributed by atoms with Crippen molar-refractivity contribution in [1.82, 2.24) is 0 Å². The van der Waals surface area contributed by atoms with Crippen LogP contribution in [0.2, 0.25) is 0 Å². The number of rotatable bonds is 5. The topological polar surface area (TPSA) is 29.5 Å². The summed E-state index contributed by atoms with van der Waals surface area (Å²) in [6, 6.07) is 12.9. The van der Waals surface area contributed by atoms with Gasteiger partial charge in [-0.2, -0.15) is 0 Å². The SMILES string of the molecule is COc1cccc(CC(O)Cc2ccccc2C)c1F. The van der Waals surface area contributed by atoms with Crippen LogP contribution in [0, 0.1) is 12.7 Å². The summed E-state index contributed by atoms with van der Waals surface area (Å²) in [7, 11) is 1.44. The van der Waals surface area contributed by atoms with Crippen LogP contribution in [0.3, 0.4) is 0 Å². The molecule has 0 aromatic heterocycles. The minimum Gasteiger partial charge on any atom is -0.494 e. The number of benzene rings is 2. The Morgan fingerprint density at radius 2 is 1.70 bits per heavy atom. The van der Waals surface area contributed by atoms with Crippen molar-refractivity contribution in [3.8, 4) is 5.75 Å². The molecule has 1 N–H and O–H groups in total. The van der Waals surface area contributed by atoms with Gasteiger partial charge < -0.3 is 9.84 Å². The normalized spacial score (nSPS) is 12.2. The maximum Gasteiger partial charge on any atom is 0.168 e. The molecule has 0 heterocycles. The van der Waals surface area contributed by atoms with Crippen molar-refractivity contribution < 1.29 is 14.2 Å². The lowest BCUT2D eigenvalue weighted by Gasteiger charge is -2.14. The summed E-state index contributed by atoms with van der Waals surface area (Å²) in [6.07, 6.45) is 0.179. The molecule has 0 amide bonds. The van der Waals surface area contributed by atoms with E-state index in [9.17, 15) is 9.50 Å². The second-order valence-corrected chi connectivity index (χ2v) is 4.92. The number of aliphatic hydroxyl groups is 1. The Labute approximate surface area is 118 Å². The van der Waals surface area contributed by atoms with Gasteiger partial charge in [-0.1, -0.05) is 36.4 Å². The Balaban J connectivity index is 2.09. The third kappa shape index (κ3) is 3.36. The molecule has 106 valence electrons. The molecule has 0 fully saturated rings. The molecule has 1 atom stereocenters. The molecule has 0 bridgehead atoms. The number of aryl methyl sites for hydroxylation is 1. The fourth-order valence-corrected chi connectivity index (χ4v) is 2.29. The molecule has 2 nitrogen and oxygen atoms in total. The van der Waals surface area contributed by atoms with Gasteiger partial charge in [0.25, 0.3) is 0 Å². The molecule has 0 aliphatic heterocycles. The molecule has 2 aromatic carbocycles. The van der Waals surface area contributed by atoms with E-state index in [1.807, 2.05) is 31.2 Å². The maximum absolute atomic E-state index is 14.0. The summed E-state index contributed by atoms with van der Waals surface area (Å²) in [6.45, 7) is 2.01. The molecule has 0 aliphatic carbocycles. The predicted octanol–water partition coefficient (Wildman–Crippen LogP) is 3.29. The average molecular weight is 274 g/mol. The van der Waals surface area contributed by atoms with Gasteiger partial charge in [0.1, 0.15) is 0 Å². The summed E-state index contributed by atoms with van der Waals surface area (Å²) < 4.78 is 19.0. The van der Waals surface area contributed by atoms with Crippen molar-refractivity contribution in [2.45, 2.75) is 25.9 Å². The Hall–Kier alpha value is -1.87. The van der Waals surface area contributed by atoms with Gasteiger partial charge in [0.15, 0.2) is 11.6 Å². The van der Waals surface area contributed by atoms with Crippen molar-refractivity contribution >= 4 is 0 Å². The minimum atomic E-state index is -0.613. The average Bonchev–Trinajstić information content (AvgIpc) is 2.44. The van der Waals surface area contributed by atoms with E-state index in [0.717, 1.165) is 11.1 Å². The fourth-order valence-electron chi connectivity index (χ4n) is 2.29. The third-order valence-electron chi connectivity index (χ3n) is 3.44. The van der Waals surface area contributed by atoms with Gasteiger partial charge in [-0.25, -0.2) is 4.39 Å². The molecule has 0 radical (unpaired) electrons. The van der Waals surface area contributed by atoms with Gasteiger partial charge in [0.2, 0.25) is 0 Å². The first-order chi connectivity index (χ1) is 9.61. The number of ether oxygens (including phenoxy) is 1. The van der Waals surface area contributed by atoms with Crippen LogP contribution < -0.4 is 4.74 Å². The summed E-state index contributed by atoms with van der Waals surface area (Å²) >= 11 is 0. The Morgan fingerprint density at radius 1 is 1.05 bits per heavy atom. The molecular formula is C17H19FO2. The lowest BCUT2D eigenvalue weighted by Crippen LogP contribution is -2.15. The van der Waals surface area contributed by atoms with E-state index in [2.05, 4.69) is 0 Å². The van der Waals surface area contributed by atoms with Crippen molar-refractivity contribution in [2.24, 2.45) is 0 Å². The lowest BCUT2D eigenvalue weighted by molar-refractivity contribution is 0.173. The van der Waals surface area contributed by atoms with Crippen molar-refractivity contribution in [2.75, 3.05) is 7.11 Å². The van der Waals surface area contributed by atoms with E-state index in [1.165, 1.54) is 7.11 Å². The molecule has 0 aliphatic rings. The highest BCUT2D eigenvalue weighted by atomic mass is 19.1. The van der Waals surface area contributed by atoms with Gasteiger partial charge in [-0.05, 0) is 36.1 Å². The van der Waals surface area contributed by atoms with Gasteiger partial charge in [0, 0.05) is 6.42 Å². The molecule has 2 rings (SSSR count). The highest BCUT2D eigenvalue weighted by Crippen LogP contribution is 2.22. The van der Waals surface area contributed by atoms with Gasteiger partial charge in [-0.15, -0.1) is 0 Å². The molecule has 20 heavy (non-hydrogen) atoms.